The summed E-state index contributed by atoms with van der Waals surface area (Å²) < 4.78 is 39.0. The molecule has 0 aliphatic carbocycles. The average Bonchev–Trinajstić information content (AvgIpc) is 3.07. The quantitative estimate of drug-likeness (QED) is 0.508. The number of rotatable bonds is 2. The summed E-state index contributed by atoms with van der Waals surface area (Å²) >= 11 is 0. The van der Waals surface area contributed by atoms with E-state index < -0.39 is 11.7 Å². The van der Waals surface area contributed by atoms with Gasteiger partial charge in [-0.1, -0.05) is 30.3 Å². The number of imidazole rings is 1. The van der Waals surface area contributed by atoms with E-state index in [1.165, 1.54) is 0 Å². The van der Waals surface area contributed by atoms with E-state index in [1.807, 2.05) is 42.5 Å². The van der Waals surface area contributed by atoms with Crippen LogP contribution in [0.5, 0.6) is 0 Å². The highest BCUT2D eigenvalue weighted by molar-refractivity contribution is 5.83. The average molecular weight is 353 g/mol. The molecule has 0 fully saturated rings. The predicted octanol–water partition coefficient (Wildman–Crippen LogP) is 5.62. The van der Waals surface area contributed by atoms with Crippen LogP contribution in [0.3, 0.4) is 0 Å². The molecule has 4 rings (SSSR count). The third-order valence-corrected chi connectivity index (χ3v) is 4.22. The molecule has 0 spiro atoms. The van der Waals surface area contributed by atoms with Gasteiger partial charge in [0, 0.05) is 17.3 Å². The highest BCUT2D eigenvalue weighted by atomic mass is 19.4. The number of H-pyrrole nitrogens is 1. The first-order valence-corrected chi connectivity index (χ1v) is 8.01. The molecule has 130 valence electrons. The molecule has 0 aliphatic rings. The molecular weight excluding hydrogens is 339 g/mol. The van der Waals surface area contributed by atoms with E-state index in [0.29, 0.717) is 22.4 Å². The minimum absolute atomic E-state index is 0.376. The van der Waals surface area contributed by atoms with E-state index >= 15 is 0 Å². The van der Waals surface area contributed by atoms with Crippen LogP contribution in [-0.2, 0) is 6.18 Å². The lowest BCUT2D eigenvalue weighted by Gasteiger charge is -2.07. The molecule has 26 heavy (non-hydrogen) atoms. The molecule has 0 bridgehead atoms. The minimum Gasteiger partial charge on any atom is -0.338 e. The monoisotopic (exact) mass is 353 g/mol. The molecule has 0 saturated heterocycles. The number of aryl methyl sites for hydroxylation is 1. The highest BCUT2D eigenvalue weighted by Gasteiger charge is 2.31. The van der Waals surface area contributed by atoms with Gasteiger partial charge < -0.3 is 4.98 Å². The van der Waals surface area contributed by atoms with E-state index in [-0.39, 0.29) is 0 Å². The Labute approximate surface area is 147 Å². The van der Waals surface area contributed by atoms with Crippen molar-refractivity contribution in [2.45, 2.75) is 13.1 Å². The van der Waals surface area contributed by atoms with Crippen molar-refractivity contribution in [1.82, 2.24) is 15.0 Å². The molecule has 4 aromatic rings. The number of fused-ring (bicyclic) bond motifs is 1. The summed E-state index contributed by atoms with van der Waals surface area (Å²) in [5.74, 6) is 0.537. The van der Waals surface area contributed by atoms with Crippen molar-refractivity contribution in [2.24, 2.45) is 0 Å². The maximum absolute atomic E-state index is 13.0. The Kier molecular flexibility index (Phi) is 3.76. The van der Waals surface area contributed by atoms with Gasteiger partial charge in [0.2, 0.25) is 0 Å². The van der Waals surface area contributed by atoms with Gasteiger partial charge in [-0.2, -0.15) is 13.2 Å². The molecular formula is C20H14F3N3. The molecule has 0 atom stereocenters. The van der Waals surface area contributed by atoms with Crippen molar-refractivity contribution >= 4 is 11.0 Å². The summed E-state index contributed by atoms with van der Waals surface area (Å²) in [4.78, 5) is 11.8. The van der Waals surface area contributed by atoms with Crippen LogP contribution < -0.4 is 0 Å². The van der Waals surface area contributed by atoms with Crippen molar-refractivity contribution in [3.05, 3.63) is 71.9 Å². The number of halogens is 3. The normalized spacial score (nSPS) is 11.8. The highest BCUT2D eigenvalue weighted by Crippen LogP contribution is 2.33. The van der Waals surface area contributed by atoms with Crippen LogP contribution in [0, 0.1) is 6.92 Å². The molecule has 3 nitrogen and oxygen atoms in total. The van der Waals surface area contributed by atoms with Crippen LogP contribution in [0.25, 0.3) is 33.7 Å². The maximum atomic E-state index is 13.0. The van der Waals surface area contributed by atoms with E-state index in [9.17, 15) is 13.2 Å². The van der Waals surface area contributed by atoms with Gasteiger partial charge in [0.1, 0.15) is 5.82 Å². The lowest BCUT2D eigenvalue weighted by molar-refractivity contribution is -0.137. The summed E-state index contributed by atoms with van der Waals surface area (Å²) in [6, 6.07) is 15.5. The third kappa shape index (κ3) is 2.94. The Bertz CT molecular complexity index is 1070. The number of aromatic nitrogens is 3. The van der Waals surface area contributed by atoms with Gasteiger partial charge in [0.25, 0.3) is 0 Å². The topological polar surface area (TPSA) is 41.6 Å². The molecule has 0 aliphatic heterocycles. The van der Waals surface area contributed by atoms with Gasteiger partial charge in [-0.3, -0.25) is 4.98 Å². The molecule has 2 heterocycles. The molecule has 0 amide bonds. The van der Waals surface area contributed by atoms with E-state index in [1.54, 1.807) is 13.1 Å². The zero-order chi connectivity index (χ0) is 18.3. The van der Waals surface area contributed by atoms with Crippen molar-refractivity contribution < 1.29 is 13.2 Å². The summed E-state index contributed by atoms with van der Waals surface area (Å²) in [6.07, 6.45) is -2.65. The number of hydrogen-bond donors (Lipinski definition) is 1. The van der Waals surface area contributed by atoms with Crippen LogP contribution >= 0.6 is 0 Å². The van der Waals surface area contributed by atoms with Gasteiger partial charge in [0.05, 0.1) is 22.3 Å². The Hall–Kier alpha value is -3.15. The standard InChI is InChI=1S/C20H14F3N3/c1-12-10-15(20(21,22)23)11-17-18(12)26-19(25-17)14-7-5-13(6-8-14)16-4-2-3-9-24-16/h2-11H,1H3,(H,25,26). The SMILES string of the molecule is Cc1cc(C(F)(F)F)cc2[nH]c(-c3ccc(-c4ccccn4)cc3)nc12. The minimum atomic E-state index is -4.38. The maximum Gasteiger partial charge on any atom is 0.416 e. The molecule has 0 unspecified atom stereocenters. The first-order chi connectivity index (χ1) is 12.4. The fourth-order valence-corrected chi connectivity index (χ4v) is 2.92. The number of benzene rings is 2. The molecule has 6 heteroatoms. The first-order valence-electron chi connectivity index (χ1n) is 8.01. The zero-order valence-corrected chi connectivity index (χ0v) is 13.8. The van der Waals surface area contributed by atoms with Crippen LogP contribution in [-0.4, -0.2) is 15.0 Å². The molecule has 2 aromatic carbocycles. The largest absolute Gasteiger partial charge is 0.416 e. The van der Waals surface area contributed by atoms with E-state index in [0.717, 1.165) is 29.0 Å². The van der Waals surface area contributed by atoms with Crippen molar-refractivity contribution in [3.8, 4) is 22.6 Å². The number of pyridine rings is 1. The summed E-state index contributed by atoms with van der Waals surface area (Å²) in [5, 5.41) is 0. The lowest BCUT2D eigenvalue weighted by Crippen LogP contribution is -2.05. The number of nitrogens with zero attached hydrogens (tertiary/aromatic N) is 2. The van der Waals surface area contributed by atoms with Gasteiger partial charge in [0.15, 0.2) is 0 Å². The summed E-state index contributed by atoms with van der Waals surface area (Å²) in [6.45, 7) is 1.63. The molecule has 0 saturated carbocycles. The van der Waals surface area contributed by atoms with Gasteiger partial charge in [-0.15, -0.1) is 0 Å². The van der Waals surface area contributed by atoms with Crippen molar-refractivity contribution in [2.75, 3.05) is 0 Å². The Morgan fingerprint density at radius 1 is 0.923 bits per heavy atom. The van der Waals surface area contributed by atoms with Crippen molar-refractivity contribution in [3.63, 3.8) is 0 Å². The fourth-order valence-electron chi connectivity index (χ4n) is 2.92. The molecule has 0 radical (unpaired) electrons. The second-order valence-electron chi connectivity index (χ2n) is 6.06. The third-order valence-electron chi connectivity index (χ3n) is 4.22. The summed E-state index contributed by atoms with van der Waals surface area (Å²) in [5.41, 5.74) is 3.35. The Morgan fingerprint density at radius 2 is 1.65 bits per heavy atom. The zero-order valence-electron chi connectivity index (χ0n) is 13.8. The lowest BCUT2D eigenvalue weighted by atomic mass is 10.1. The van der Waals surface area contributed by atoms with Gasteiger partial charge in [-0.25, -0.2) is 4.98 Å². The summed E-state index contributed by atoms with van der Waals surface area (Å²) in [7, 11) is 0. The van der Waals surface area contributed by atoms with E-state index in [4.69, 9.17) is 0 Å². The second kappa shape index (κ2) is 5.98. The predicted molar refractivity (Wildman–Crippen MR) is 94.5 cm³/mol. The number of alkyl halides is 3. The van der Waals surface area contributed by atoms with Gasteiger partial charge >= 0.3 is 6.18 Å². The van der Waals surface area contributed by atoms with Gasteiger partial charge in [-0.05, 0) is 36.8 Å². The van der Waals surface area contributed by atoms with Crippen LogP contribution in [0.4, 0.5) is 13.2 Å². The smallest absolute Gasteiger partial charge is 0.338 e. The van der Waals surface area contributed by atoms with Crippen LogP contribution in [0.1, 0.15) is 11.1 Å². The van der Waals surface area contributed by atoms with E-state index in [2.05, 4.69) is 15.0 Å². The number of hydrogen-bond acceptors (Lipinski definition) is 2. The Morgan fingerprint density at radius 3 is 2.31 bits per heavy atom. The van der Waals surface area contributed by atoms with Crippen LogP contribution in [0.2, 0.25) is 0 Å². The van der Waals surface area contributed by atoms with Crippen molar-refractivity contribution in [1.29, 1.82) is 0 Å². The number of aromatic amines is 1. The Balaban J connectivity index is 1.74. The fraction of sp³-hybridized carbons (Fsp3) is 0.100. The number of nitrogens with one attached hydrogen (secondary N) is 1. The van der Waals surface area contributed by atoms with Crippen LogP contribution in [0.15, 0.2) is 60.8 Å². The molecule has 2 aromatic heterocycles. The second-order valence-corrected chi connectivity index (χ2v) is 6.06. The molecule has 1 N–H and O–H groups in total. The first kappa shape index (κ1) is 16.3.